The average Bonchev–Trinajstić information content (AvgIpc) is 2.63. The lowest BCUT2D eigenvalue weighted by molar-refractivity contribution is 0.375. The Morgan fingerprint density at radius 1 is 1.15 bits per heavy atom. The van der Waals surface area contributed by atoms with Crippen molar-refractivity contribution in [3.05, 3.63) is 12.4 Å². The van der Waals surface area contributed by atoms with E-state index in [1.54, 1.807) is 0 Å². The Hall–Kier alpha value is -0.700. The first-order valence-corrected chi connectivity index (χ1v) is 5.27. The van der Waals surface area contributed by atoms with Crippen LogP contribution in [0.1, 0.15) is 32.1 Å². The van der Waals surface area contributed by atoms with Crippen LogP contribution in [0.15, 0.2) is 12.4 Å². The lowest BCUT2D eigenvalue weighted by atomic mass is 10.1. The van der Waals surface area contributed by atoms with Crippen LogP contribution in [0, 0.1) is 0 Å². The summed E-state index contributed by atoms with van der Waals surface area (Å²) in [5.41, 5.74) is 5.42. The first-order valence-electron chi connectivity index (χ1n) is 5.27. The topological polar surface area (TPSA) is 41.3 Å². The van der Waals surface area contributed by atoms with E-state index in [4.69, 9.17) is 5.73 Å². The normalized spacial score (nSPS) is 15.0. The minimum absolute atomic E-state index is 0.846. The van der Waals surface area contributed by atoms with Crippen molar-refractivity contribution in [2.75, 3.05) is 19.8 Å². The maximum atomic E-state index is 5.42. The first kappa shape index (κ1) is 10.4. The quantitative estimate of drug-likeness (QED) is 0.583. The first-order chi connectivity index (χ1) is 6.43. The zero-order valence-electron chi connectivity index (χ0n) is 8.34. The molecule has 1 heterocycles. The van der Waals surface area contributed by atoms with Crippen molar-refractivity contribution in [2.24, 2.45) is 5.73 Å². The monoisotopic (exact) mass is 183 g/mol. The predicted molar refractivity (Wildman–Crippen MR) is 56.0 cm³/mol. The van der Waals surface area contributed by atoms with Crippen LogP contribution >= 0.6 is 0 Å². The van der Waals surface area contributed by atoms with E-state index in [1.165, 1.54) is 38.6 Å². The van der Waals surface area contributed by atoms with Gasteiger partial charge in [-0.2, -0.15) is 0 Å². The van der Waals surface area contributed by atoms with E-state index in [1.807, 2.05) is 6.20 Å². The van der Waals surface area contributed by atoms with Crippen molar-refractivity contribution in [1.82, 2.24) is 10.2 Å². The highest BCUT2D eigenvalue weighted by molar-refractivity contribution is 4.86. The SMILES string of the molecule is NCCCCCCCN1C=CNC1. The summed E-state index contributed by atoms with van der Waals surface area (Å²) in [5.74, 6) is 0. The van der Waals surface area contributed by atoms with E-state index in [0.29, 0.717) is 0 Å². The minimum Gasteiger partial charge on any atom is -0.373 e. The van der Waals surface area contributed by atoms with Gasteiger partial charge in [0.05, 0.1) is 6.67 Å². The molecule has 3 heteroatoms. The highest BCUT2D eigenvalue weighted by atomic mass is 15.2. The molecule has 0 saturated carbocycles. The van der Waals surface area contributed by atoms with Crippen LogP contribution < -0.4 is 11.1 Å². The Kier molecular flexibility index (Phi) is 5.41. The molecule has 0 amide bonds. The van der Waals surface area contributed by atoms with E-state index < -0.39 is 0 Å². The van der Waals surface area contributed by atoms with Crippen molar-refractivity contribution in [3.63, 3.8) is 0 Å². The number of nitrogens with zero attached hydrogens (tertiary/aromatic N) is 1. The standard InChI is InChI=1S/C10H21N3/c11-6-4-2-1-3-5-8-13-9-7-12-10-13/h7,9,12H,1-6,8,10-11H2. The fourth-order valence-corrected chi connectivity index (χ4v) is 1.52. The molecule has 0 aromatic carbocycles. The van der Waals surface area contributed by atoms with Gasteiger partial charge in [0.25, 0.3) is 0 Å². The third-order valence-corrected chi connectivity index (χ3v) is 2.35. The maximum absolute atomic E-state index is 5.42. The lowest BCUT2D eigenvalue weighted by Crippen LogP contribution is -2.21. The van der Waals surface area contributed by atoms with E-state index in [2.05, 4.69) is 16.4 Å². The molecule has 76 valence electrons. The van der Waals surface area contributed by atoms with Gasteiger partial charge in [-0.15, -0.1) is 0 Å². The fourth-order valence-electron chi connectivity index (χ4n) is 1.52. The molecule has 0 saturated heterocycles. The van der Waals surface area contributed by atoms with Crippen LogP contribution in [0.25, 0.3) is 0 Å². The molecule has 0 aromatic rings. The molecule has 1 aliphatic rings. The van der Waals surface area contributed by atoms with Gasteiger partial charge in [0.2, 0.25) is 0 Å². The zero-order valence-corrected chi connectivity index (χ0v) is 8.34. The fraction of sp³-hybridized carbons (Fsp3) is 0.800. The summed E-state index contributed by atoms with van der Waals surface area (Å²) in [4.78, 5) is 2.31. The Labute approximate surface area is 81.0 Å². The van der Waals surface area contributed by atoms with Crippen LogP contribution in [0.2, 0.25) is 0 Å². The second kappa shape index (κ2) is 6.78. The molecule has 0 unspecified atom stereocenters. The summed E-state index contributed by atoms with van der Waals surface area (Å²) >= 11 is 0. The van der Waals surface area contributed by atoms with Crippen molar-refractivity contribution in [2.45, 2.75) is 32.1 Å². The van der Waals surface area contributed by atoms with Gasteiger partial charge in [-0.05, 0) is 19.4 Å². The van der Waals surface area contributed by atoms with Crippen LogP contribution in [0.5, 0.6) is 0 Å². The van der Waals surface area contributed by atoms with Crippen LogP contribution in [0.3, 0.4) is 0 Å². The number of nitrogens with two attached hydrogens (primary N) is 1. The second-order valence-corrected chi connectivity index (χ2v) is 3.55. The highest BCUT2D eigenvalue weighted by Crippen LogP contribution is 2.04. The molecule has 1 rings (SSSR count). The van der Waals surface area contributed by atoms with Gasteiger partial charge < -0.3 is 16.0 Å². The molecule has 0 aromatic heterocycles. The predicted octanol–water partition coefficient (Wildman–Crippen LogP) is 1.23. The number of hydrogen-bond donors (Lipinski definition) is 2. The van der Waals surface area contributed by atoms with Gasteiger partial charge >= 0.3 is 0 Å². The maximum Gasteiger partial charge on any atom is 0.0867 e. The molecule has 3 nitrogen and oxygen atoms in total. The summed E-state index contributed by atoms with van der Waals surface area (Å²) in [6.07, 6.45) is 10.6. The van der Waals surface area contributed by atoms with Gasteiger partial charge in [-0.25, -0.2) is 0 Å². The van der Waals surface area contributed by atoms with Crippen molar-refractivity contribution >= 4 is 0 Å². The molecule has 13 heavy (non-hydrogen) atoms. The zero-order chi connectivity index (χ0) is 9.36. The number of rotatable bonds is 7. The van der Waals surface area contributed by atoms with E-state index in [0.717, 1.165) is 13.2 Å². The molecule has 0 fully saturated rings. The minimum atomic E-state index is 0.846. The van der Waals surface area contributed by atoms with Gasteiger partial charge in [0.1, 0.15) is 0 Å². The third kappa shape index (κ3) is 4.78. The second-order valence-electron chi connectivity index (χ2n) is 3.55. The van der Waals surface area contributed by atoms with E-state index in [9.17, 15) is 0 Å². The van der Waals surface area contributed by atoms with Crippen LogP contribution in [-0.2, 0) is 0 Å². The summed E-state index contributed by atoms with van der Waals surface area (Å²) in [6, 6.07) is 0. The molecule has 0 bridgehead atoms. The number of unbranched alkanes of at least 4 members (excludes halogenated alkanes) is 4. The van der Waals surface area contributed by atoms with Gasteiger partial charge in [0.15, 0.2) is 0 Å². The highest BCUT2D eigenvalue weighted by Gasteiger charge is 2.01. The Morgan fingerprint density at radius 3 is 2.62 bits per heavy atom. The molecule has 0 aliphatic carbocycles. The summed E-state index contributed by atoms with van der Waals surface area (Å²) in [6.45, 7) is 3.02. The van der Waals surface area contributed by atoms with Crippen molar-refractivity contribution < 1.29 is 0 Å². The van der Waals surface area contributed by atoms with Gasteiger partial charge in [-0.3, -0.25) is 0 Å². The number of nitrogens with one attached hydrogen (secondary N) is 1. The molecule has 0 atom stereocenters. The molecule has 0 spiro atoms. The Morgan fingerprint density at radius 2 is 1.92 bits per heavy atom. The van der Waals surface area contributed by atoms with Crippen molar-refractivity contribution in [3.8, 4) is 0 Å². The van der Waals surface area contributed by atoms with Gasteiger partial charge in [0, 0.05) is 18.9 Å². The van der Waals surface area contributed by atoms with E-state index in [-0.39, 0.29) is 0 Å². The number of hydrogen-bond acceptors (Lipinski definition) is 3. The molecule has 1 aliphatic heterocycles. The Balaban J connectivity index is 1.81. The van der Waals surface area contributed by atoms with Crippen LogP contribution in [-0.4, -0.2) is 24.7 Å². The summed E-state index contributed by atoms with van der Waals surface area (Å²) < 4.78 is 0. The molecule has 0 radical (unpaired) electrons. The molecular weight excluding hydrogens is 162 g/mol. The molecular formula is C10H21N3. The lowest BCUT2D eigenvalue weighted by Gasteiger charge is -2.13. The third-order valence-electron chi connectivity index (χ3n) is 2.35. The summed E-state index contributed by atoms with van der Waals surface area (Å²) in [7, 11) is 0. The smallest absolute Gasteiger partial charge is 0.0867 e. The van der Waals surface area contributed by atoms with Gasteiger partial charge in [-0.1, -0.05) is 19.3 Å². The van der Waals surface area contributed by atoms with Crippen molar-refractivity contribution in [1.29, 1.82) is 0 Å². The summed E-state index contributed by atoms with van der Waals surface area (Å²) in [5, 5.41) is 3.16. The average molecular weight is 183 g/mol. The molecule has 3 N–H and O–H groups in total. The Bertz CT molecular complexity index is 145. The van der Waals surface area contributed by atoms with Crippen LogP contribution in [0.4, 0.5) is 0 Å². The van der Waals surface area contributed by atoms with E-state index >= 15 is 0 Å². The largest absolute Gasteiger partial charge is 0.373 e.